The Hall–Kier alpha value is -2.01. The number of anilines is 2. The minimum atomic E-state index is 0.296. The Morgan fingerprint density at radius 1 is 1.29 bits per heavy atom. The summed E-state index contributed by atoms with van der Waals surface area (Å²) >= 11 is 6.09. The number of para-hydroxylation sites is 1. The molecule has 0 spiro atoms. The van der Waals surface area contributed by atoms with E-state index in [9.17, 15) is 0 Å². The van der Waals surface area contributed by atoms with Crippen LogP contribution in [0.1, 0.15) is 12.0 Å². The number of hydrogen-bond acceptors (Lipinski definition) is 5. The van der Waals surface area contributed by atoms with E-state index in [4.69, 9.17) is 22.1 Å². The van der Waals surface area contributed by atoms with Gasteiger partial charge in [0, 0.05) is 13.6 Å². The van der Waals surface area contributed by atoms with Crippen LogP contribution in [0.4, 0.5) is 11.6 Å². The molecule has 0 amide bonds. The van der Waals surface area contributed by atoms with Crippen LogP contribution in [0.2, 0.25) is 5.02 Å². The average molecular weight is 307 g/mol. The van der Waals surface area contributed by atoms with Crippen molar-refractivity contribution in [3.63, 3.8) is 0 Å². The minimum Gasteiger partial charge on any atom is -0.493 e. The number of halogens is 1. The highest BCUT2D eigenvalue weighted by Gasteiger charge is 2.10. The number of rotatable bonds is 6. The van der Waals surface area contributed by atoms with E-state index >= 15 is 0 Å². The quantitative estimate of drug-likeness (QED) is 0.831. The summed E-state index contributed by atoms with van der Waals surface area (Å²) in [5.74, 6) is 1.86. The van der Waals surface area contributed by atoms with E-state index < -0.39 is 0 Å². The van der Waals surface area contributed by atoms with Crippen molar-refractivity contribution in [2.75, 3.05) is 30.8 Å². The molecule has 6 heteroatoms. The van der Waals surface area contributed by atoms with Gasteiger partial charge in [0.2, 0.25) is 0 Å². The van der Waals surface area contributed by atoms with Crippen molar-refractivity contribution in [1.82, 2.24) is 9.97 Å². The zero-order valence-corrected chi connectivity index (χ0v) is 13.0. The number of nitrogens with zero attached hydrogens (tertiary/aromatic N) is 3. The molecule has 1 heterocycles. The summed E-state index contributed by atoms with van der Waals surface area (Å²) in [6.45, 7) is 3.43. The molecule has 0 bridgehead atoms. The summed E-state index contributed by atoms with van der Waals surface area (Å²) in [7, 11) is 1.92. The maximum atomic E-state index is 6.09. The second-order valence-electron chi connectivity index (χ2n) is 4.79. The summed E-state index contributed by atoms with van der Waals surface area (Å²) < 4.78 is 5.76. The first-order chi connectivity index (χ1) is 10.1. The van der Waals surface area contributed by atoms with Crippen LogP contribution in [-0.2, 0) is 0 Å². The fourth-order valence-electron chi connectivity index (χ4n) is 1.95. The lowest BCUT2D eigenvalue weighted by atomic mass is 10.2. The molecular weight excluding hydrogens is 288 g/mol. The van der Waals surface area contributed by atoms with Crippen LogP contribution in [0.25, 0.3) is 0 Å². The minimum absolute atomic E-state index is 0.296. The van der Waals surface area contributed by atoms with E-state index in [1.165, 1.54) is 6.33 Å². The zero-order valence-electron chi connectivity index (χ0n) is 12.2. The summed E-state index contributed by atoms with van der Waals surface area (Å²) in [5.41, 5.74) is 6.81. The van der Waals surface area contributed by atoms with E-state index in [0.29, 0.717) is 23.3 Å². The number of ether oxygens (including phenoxy) is 1. The second kappa shape index (κ2) is 7.13. The Kier molecular flexibility index (Phi) is 5.22. The van der Waals surface area contributed by atoms with Crippen molar-refractivity contribution in [1.29, 1.82) is 0 Å². The number of benzene rings is 1. The van der Waals surface area contributed by atoms with E-state index in [2.05, 4.69) is 9.97 Å². The molecule has 0 saturated carbocycles. The van der Waals surface area contributed by atoms with Gasteiger partial charge in [-0.3, -0.25) is 0 Å². The maximum Gasteiger partial charge on any atom is 0.152 e. The molecule has 0 saturated heterocycles. The first kappa shape index (κ1) is 15.4. The second-order valence-corrected chi connectivity index (χ2v) is 5.16. The molecule has 2 rings (SSSR count). The van der Waals surface area contributed by atoms with Crippen molar-refractivity contribution in [2.45, 2.75) is 13.3 Å². The van der Waals surface area contributed by atoms with Gasteiger partial charge in [-0.2, -0.15) is 0 Å². The van der Waals surface area contributed by atoms with Gasteiger partial charge in [-0.25, -0.2) is 9.97 Å². The lowest BCUT2D eigenvalue weighted by Gasteiger charge is -2.19. The summed E-state index contributed by atoms with van der Waals surface area (Å²) in [5, 5.41) is 0.389. The van der Waals surface area contributed by atoms with Gasteiger partial charge in [0.25, 0.3) is 0 Å². The molecule has 2 N–H and O–H groups in total. The summed E-state index contributed by atoms with van der Waals surface area (Å²) in [4.78, 5) is 9.95. The van der Waals surface area contributed by atoms with Gasteiger partial charge in [0.15, 0.2) is 5.82 Å². The van der Waals surface area contributed by atoms with E-state index in [-0.39, 0.29) is 0 Å². The van der Waals surface area contributed by atoms with E-state index in [0.717, 1.165) is 24.3 Å². The topological polar surface area (TPSA) is 64.3 Å². The molecule has 112 valence electrons. The molecule has 0 radical (unpaired) electrons. The van der Waals surface area contributed by atoms with Crippen molar-refractivity contribution in [3.05, 3.63) is 41.2 Å². The maximum absolute atomic E-state index is 6.09. The third-order valence-corrected chi connectivity index (χ3v) is 3.51. The largest absolute Gasteiger partial charge is 0.493 e. The molecule has 0 aliphatic heterocycles. The lowest BCUT2D eigenvalue weighted by Crippen LogP contribution is -2.22. The monoisotopic (exact) mass is 306 g/mol. The van der Waals surface area contributed by atoms with Gasteiger partial charge in [-0.05, 0) is 25.0 Å². The van der Waals surface area contributed by atoms with E-state index in [1.54, 1.807) is 0 Å². The smallest absolute Gasteiger partial charge is 0.152 e. The third-order valence-electron chi connectivity index (χ3n) is 3.15. The van der Waals surface area contributed by atoms with Crippen LogP contribution < -0.4 is 15.4 Å². The third kappa shape index (κ3) is 3.98. The SMILES string of the molecule is Cc1ccccc1OCCCN(C)c1ncnc(N)c1Cl. The number of aryl methyl sites for hydroxylation is 1. The Balaban J connectivity index is 1.83. The molecule has 21 heavy (non-hydrogen) atoms. The van der Waals surface area contributed by atoms with Gasteiger partial charge in [0.05, 0.1) is 6.61 Å². The summed E-state index contributed by atoms with van der Waals surface area (Å²) in [6.07, 6.45) is 2.27. The van der Waals surface area contributed by atoms with Gasteiger partial charge in [-0.1, -0.05) is 29.8 Å². The molecule has 0 aliphatic rings. The number of nitrogen functional groups attached to an aromatic ring is 1. The van der Waals surface area contributed by atoms with Gasteiger partial charge < -0.3 is 15.4 Å². The van der Waals surface area contributed by atoms with Crippen LogP contribution >= 0.6 is 11.6 Å². The first-order valence-electron chi connectivity index (χ1n) is 6.75. The normalized spacial score (nSPS) is 10.4. The van der Waals surface area contributed by atoms with Crippen molar-refractivity contribution in [3.8, 4) is 5.75 Å². The molecule has 2 aromatic rings. The van der Waals surface area contributed by atoms with E-state index in [1.807, 2.05) is 43.1 Å². The Morgan fingerprint density at radius 2 is 2.05 bits per heavy atom. The molecule has 0 fully saturated rings. The highest BCUT2D eigenvalue weighted by molar-refractivity contribution is 6.35. The molecule has 1 aromatic heterocycles. The number of aromatic nitrogens is 2. The fourth-order valence-corrected chi connectivity index (χ4v) is 2.19. The van der Waals surface area contributed by atoms with Crippen LogP contribution in [0.5, 0.6) is 5.75 Å². The first-order valence-corrected chi connectivity index (χ1v) is 7.13. The Morgan fingerprint density at radius 3 is 2.81 bits per heavy atom. The van der Waals surface area contributed by atoms with Crippen LogP contribution in [-0.4, -0.2) is 30.2 Å². The van der Waals surface area contributed by atoms with Gasteiger partial charge in [0.1, 0.15) is 22.9 Å². The Bertz CT molecular complexity index is 606. The molecule has 0 aliphatic carbocycles. The summed E-state index contributed by atoms with van der Waals surface area (Å²) in [6, 6.07) is 7.97. The predicted octanol–water partition coefficient (Wildman–Crippen LogP) is 2.93. The van der Waals surface area contributed by atoms with Crippen molar-refractivity contribution < 1.29 is 4.74 Å². The fraction of sp³-hybridized carbons (Fsp3) is 0.333. The highest BCUT2D eigenvalue weighted by Crippen LogP contribution is 2.26. The molecule has 5 nitrogen and oxygen atoms in total. The predicted molar refractivity (Wildman–Crippen MR) is 86.0 cm³/mol. The zero-order chi connectivity index (χ0) is 15.2. The molecule has 1 aromatic carbocycles. The molecule has 0 unspecified atom stereocenters. The Labute approximate surface area is 129 Å². The van der Waals surface area contributed by atoms with Crippen LogP contribution in [0.15, 0.2) is 30.6 Å². The van der Waals surface area contributed by atoms with Crippen LogP contribution in [0.3, 0.4) is 0 Å². The van der Waals surface area contributed by atoms with Gasteiger partial charge in [-0.15, -0.1) is 0 Å². The van der Waals surface area contributed by atoms with Crippen molar-refractivity contribution in [2.24, 2.45) is 0 Å². The molecule has 0 atom stereocenters. The molecular formula is C15H19ClN4O. The van der Waals surface area contributed by atoms with Crippen LogP contribution in [0, 0.1) is 6.92 Å². The highest BCUT2D eigenvalue weighted by atomic mass is 35.5. The van der Waals surface area contributed by atoms with Gasteiger partial charge >= 0.3 is 0 Å². The van der Waals surface area contributed by atoms with Crippen molar-refractivity contribution >= 4 is 23.2 Å². The number of hydrogen-bond donors (Lipinski definition) is 1. The standard InChI is InChI=1S/C15H19ClN4O/c1-11-6-3-4-7-12(11)21-9-5-8-20(2)15-13(16)14(17)18-10-19-15/h3-4,6-7,10H,5,8-9H2,1-2H3,(H2,17,18,19). The lowest BCUT2D eigenvalue weighted by molar-refractivity contribution is 0.310. The average Bonchev–Trinajstić information content (AvgIpc) is 2.48. The number of nitrogens with two attached hydrogens (primary N) is 1.